The van der Waals surface area contributed by atoms with Crippen LogP contribution in [0.15, 0.2) is 42.9 Å². The van der Waals surface area contributed by atoms with Gasteiger partial charge in [-0.05, 0) is 37.1 Å². The second kappa shape index (κ2) is 7.27. The topological polar surface area (TPSA) is 39.4 Å². The molecule has 0 aliphatic rings. The van der Waals surface area contributed by atoms with Crippen LogP contribution in [-0.4, -0.2) is 21.0 Å². The van der Waals surface area contributed by atoms with Gasteiger partial charge in [0.2, 0.25) is 5.78 Å². The lowest BCUT2D eigenvalue weighted by molar-refractivity contribution is 0.306. The summed E-state index contributed by atoms with van der Waals surface area (Å²) in [6.45, 7) is 5.05. The number of ether oxygens (including phenoxy) is 1. The third-order valence-electron chi connectivity index (χ3n) is 3.90. The molecular formula is C19H23N3O. The van der Waals surface area contributed by atoms with Crippen molar-refractivity contribution in [1.29, 1.82) is 0 Å². The first kappa shape index (κ1) is 15.5. The molecule has 1 aromatic carbocycles. The van der Waals surface area contributed by atoms with Crippen molar-refractivity contribution >= 4 is 5.78 Å². The number of rotatable bonds is 7. The molecule has 0 saturated heterocycles. The predicted molar refractivity (Wildman–Crippen MR) is 92.8 cm³/mol. The van der Waals surface area contributed by atoms with Crippen LogP contribution in [0.4, 0.5) is 0 Å². The van der Waals surface area contributed by atoms with E-state index >= 15 is 0 Å². The van der Waals surface area contributed by atoms with E-state index in [-0.39, 0.29) is 0 Å². The van der Waals surface area contributed by atoms with Crippen LogP contribution in [0, 0.1) is 6.92 Å². The Morgan fingerprint density at radius 2 is 2.09 bits per heavy atom. The maximum atomic E-state index is 6.05. The molecule has 3 aromatic rings. The summed E-state index contributed by atoms with van der Waals surface area (Å²) in [5.74, 6) is 1.61. The number of hydrogen-bond acceptors (Lipinski definition) is 3. The van der Waals surface area contributed by atoms with Gasteiger partial charge in [-0.2, -0.15) is 0 Å². The fraction of sp³-hybridized carbons (Fsp3) is 0.368. The zero-order chi connectivity index (χ0) is 16.1. The lowest BCUT2D eigenvalue weighted by Gasteiger charge is -2.11. The quantitative estimate of drug-likeness (QED) is 0.596. The van der Waals surface area contributed by atoms with Crippen LogP contribution in [0.5, 0.6) is 5.75 Å². The van der Waals surface area contributed by atoms with E-state index in [0.717, 1.165) is 30.0 Å². The third-order valence-corrected chi connectivity index (χ3v) is 3.90. The molecule has 2 aromatic heterocycles. The molecule has 120 valence electrons. The first-order valence-electron chi connectivity index (χ1n) is 8.31. The molecular weight excluding hydrogens is 286 g/mol. The first-order chi connectivity index (χ1) is 11.3. The molecule has 0 radical (unpaired) electrons. The summed E-state index contributed by atoms with van der Waals surface area (Å²) >= 11 is 0. The molecule has 0 fully saturated rings. The van der Waals surface area contributed by atoms with Gasteiger partial charge in [-0.15, -0.1) is 0 Å². The number of nitrogens with zero attached hydrogens (tertiary/aromatic N) is 3. The van der Waals surface area contributed by atoms with Gasteiger partial charge in [0.25, 0.3) is 0 Å². The van der Waals surface area contributed by atoms with Crippen molar-refractivity contribution < 1.29 is 4.74 Å². The second-order valence-electron chi connectivity index (χ2n) is 5.86. The average Bonchev–Trinajstić information content (AvgIpc) is 2.98. The highest BCUT2D eigenvalue weighted by Gasteiger charge is 2.11. The summed E-state index contributed by atoms with van der Waals surface area (Å²) in [6.07, 6.45) is 10.5. The SMILES string of the molecule is CCCCCCOc1cc(C)ccc1-c1cn2cccnc2n1. The summed E-state index contributed by atoms with van der Waals surface area (Å²) < 4.78 is 7.98. The largest absolute Gasteiger partial charge is 0.493 e. The van der Waals surface area contributed by atoms with Gasteiger partial charge in [0.15, 0.2) is 0 Å². The summed E-state index contributed by atoms with van der Waals surface area (Å²) in [6, 6.07) is 8.17. The number of unbranched alkanes of at least 4 members (excludes halogenated alkanes) is 3. The highest BCUT2D eigenvalue weighted by molar-refractivity contribution is 5.69. The third kappa shape index (κ3) is 3.70. The predicted octanol–water partition coefficient (Wildman–Crippen LogP) is 4.66. The van der Waals surface area contributed by atoms with Crippen LogP contribution in [0.2, 0.25) is 0 Å². The molecule has 2 heterocycles. The summed E-state index contributed by atoms with van der Waals surface area (Å²) in [7, 11) is 0. The maximum absolute atomic E-state index is 6.05. The van der Waals surface area contributed by atoms with E-state index in [0.29, 0.717) is 5.78 Å². The minimum atomic E-state index is 0.706. The monoisotopic (exact) mass is 309 g/mol. The summed E-state index contributed by atoms with van der Waals surface area (Å²) in [5.41, 5.74) is 3.11. The van der Waals surface area contributed by atoms with Crippen molar-refractivity contribution in [1.82, 2.24) is 14.4 Å². The van der Waals surface area contributed by atoms with Crippen molar-refractivity contribution in [2.45, 2.75) is 39.5 Å². The molecule has 0 aliphatic carbocycles. The molecule has 0 aliphatic heterocycles. The van der Waals surface area contributed by atoms with Gasteiger partial charge in [0, 0.05) is 24.2 Å². The van der Waals surface area contributed by atoms with E-state index in [1.54, 1.807) is 6.20 Å². The lowest BCUT2D eigenvalue weighted by atomic mass is 10.1. The van der Waals surface area contributed by atoms with Gasteiger partial charge in [0.1, 0.15) is 5.75 Å². The smallest absolute Gasteiger partial charge is 0.234 e. The minimum Gasteiger partial charge on any atom is -0.493 e. The molecule has 4 heteroatoms. The van der Waals surface area contributed by atoms with E-state index in [9.17, 15) is 0 Å². The number of hydrogen-bond donors (Lipinski definition) is 0. The molecule has 4 nitrogen and oxygen atoms in total. The zero-order valence-corrected chi connectivity index (χ0v) is 13.8. The molecule has 0 amide bonds. The maximum Gasteiger partial charge on any atom is 0.234 e. The van der Waals surface area contributed by atoms with E-state index in [4.69, 9.17) is 4.74 Å². The van der Waals surface area contributed by atoms with Crippen molar-refractivity contribution in [2.24, 2.45) is 0 Å². The molecule has 0 saturated carbocycles. The number of benzene rings is 1. The van der Waals surface area contributed by atoms with Gasteiger partial charge >= 0.3 is 0 Å². The first-order valence-corrected chi connectivity index (χ1v) is 8.31. The molecule has 0 unspecified atom stereocenters. The molecule has 0 N–H and O–H groups in total. The Labute approximate surface area is 137 Å². The molecule has 3 rings (SSSR count). The highest BCUT2D eigenvalue weighted by atomic mass is 16.5. The van der Waals surface area contributed by atoms with Crippen molar-refractivity contribution in [3.63, 3.8) is 0 Å². The molecule has 0 bridgehead atoms. The van der Waals surface area contributed by atoms with E-state index in [1.165, 1.54) is 24.8 Å². The second-order valence-corrected chi connectivity index (χ2v) is 5.86. The Morgan fingerprint density at radius 3 is 2.91 bits per heavy atom. The van der Waals surface area contributed by atoms with Gasteiger partial charge in [0.05, 0.1) is 12.3 Å². The van der Waals surface area contributed by atoms with E-state index < -0.39 is 0 Å². The van der Waals surface area contributed by atoms with E-state index in [1.807, 2.05) is 22.9 Å². The standard InChI is InChI=1S/C19H23N3O/c1-3-4-5-6-12-23-18-13-15(2)8-9-16(18)17-14-22-11-7-10-20-19(22)21-17/h7-11,13-14H,3-6,12H2,1-2H3. The van der Waals surface area contributed by atoms with Crippen LogP contribution in [0.25, 0.3) is 17.0 Å². The Balaban J connectivity index is 1.83. The van der Waals surface area contributed by atoms with Crippen LogP contribution in [0.1, 0.15) is 38.2 Å². The van der Waals surface area contributed by atoms with Gasteiger partial charge in [-0.3, -0.25) is 4.40 Å². The Hall–Kier alpha value is -2.36. The van der Waals surface area contributed by atoms with Gasteiger partial charge in [-0.25, -0.2) is 9.97 Å². The van der Waals surface area contributed by atoms with Crippen molar-refractivity contribution in [3.8, 4) is 17.0 Å². The lowest BCUT2D eigenvalue weighted by Crippen LogP contribution is -1.99. The fourth-order valence-electron chi connectivity index (χ4n) is 2.63. The van der Waals surface area contributed by atoms with E-state index in [2.05, 4.69) is 42.0 Å². The summed E-state index contributed by atoms with van der Waals surface area (Å²) in [4.78, 5) is 8.88. The number of fused-ring (bicyclic) bond motifs is 1. The number of imidazole rings is 1. The fourth-order valence-corrected chi connectivity index (χ4v) is 2.63. The highest BCUT2D eigenvalue weighted by Crippen LogP contribution is 2.30. The number of aryl methyl sites for hydroxylation is 1. The Bertz CT molecular complexity index is 746. The van der Waals surface area contributed by atoms with Gasteiger partial charge in [-0.1, -0.05) is 32.3 Å². The van der Waals surface area contributed by atoms with Crippen LogP contribution in [0.3, 0.4) is 0 Å². The van der Waals surface area contributed by atoms with Crippen LogP contribution in [-0.2, 0) is 0 Å². The molecule has 0 spiro atoms. The normalized spacial score (nSPS) is 11.0. The van der Waals surface area contributed by atoms with Crippen molar-refractivity contribution in [3.05, 3.63) is 48.4 Å². The van der Waals surface area contributed by atoms with Crippen LogP contribution < -0.4 is 4.74 Å². The molecule has 0 atom stereocenters. The minimum absolute atomic E-state index is 0.706. The average molecular weight is 309 g/mol. The Kier molecular flexibility index (Phi) is 4.91. The number of aromatic nitrogens is 3. The zero-order valence-electron chi connectivity index (χ0n) is 13.8. The van der Waals surface area contributed by atoms with Gasteiger partial charge < -0.3 is 4.74 Å². The van der Waals surface area contributed by atoms with Crippen molar-refractivity contribution in [2.75, 3.05) is 6.61 Å². The Morgan fingerprint density at radius 1 is 1.17 bits per heavy atom. The van der Waals surface area contributed by atoms with Crippen LogP contribution >= 0.6 is 0 Å². The summed E-state index contributed by atoms with van der Waals surface area (Å²) in [5, 5.41) is 0. The molecule has 23 heavy (non-hydrogen) atoms.